The van der Waals surface area contributed by atoms with Gasteiger partial charge in [-0.3, -0.25) is 9.59 Å². The second-order valence-electron chi connectivity index (χ2n) is 6.50. The van der Waals surface area contributed by atoms with Crippen molar-refractivity contribution in [2.45, 2.75) is 32.4 Å². The van der Waals surface area contributed by atoms with Gasteiger partial charge in [0, 0.05) is 6.54 Å². The van der Waals surface area contributed by atoms with E-state index in [2.05, 4.69) is 4.99 Å². The minimum atomic E-state index is -3.48. The largest absolute Gasteiger partial charge is 0.468 e. The molecule has 0 saturated carbocycles. The molecule has 1 atom stereocenters. The van der Waals surface area contributed by atoms with Gasteiger partial charge in [-0.15, -0.1) is 0 Å². The molecule has 0 radical (unpaired) electrons. The average Bonchev–Trinajstić information content (AvgIpc) is 3.20. The number of aryl methyl sites for hydroxylation is 1. The van der Waals surface area contributed by atoms with Crippen molar-refractivity contribution in [3.63, 3.8) is 0 Å². The summed E-state index contributed by atoms with van der Waals surface area (Å²) in [5, 5.41) is 0. The Hall–Kier alpha value is -2.04. The molecule has 10 heteroatoms. The van der Waals surface area contributed by atoms with Crippen molar-refractivity contribution in [3.8, 4) is 0 Å². The van der Waals surface area contributed by atoms with Crippen molar-refractivity contribution in [2.75, 3.05) is 19.9 Å². The van der Waals surface area contributed by atoms with E-state index < -0.39 is 27.9 Å². The van der Waals surface area contributed by atoms with Crippen molar-refractivity contribution in [3.05, 3.63) is 28.6 Å². The highest BCUT2D eigenvalue weighted by Gasteiger charge is 2.36. The molecular formula is C17H21N3O5S2. The van der Waals surface area contributed by atoms with Crippen molar-refractivity contribution in [1.82, 2.24) is 8.87 Å². The standard InChI is InChI=1S/C17H21N3O5S2/c1-11-6-7-12-14(9-11)26-17(19(12)10-15(21)25-2)18-16(22)13-5-4-8-20(13)27(3,23)24/h6-7,9,13H,4-5,8,10H2,1-3H3. The van der Waals surface area contributed by atoms with Gasteiger partial charge in [0.1, 0.15) is 12.6 Å². The number of ether oxygens (including phenoxy) is 1. The first kappa shape index (κ1) is 19.7. The number of esters is 1. The molecule has 27 heavy (non-hydrogen) atoms. The summed E-state index contributed by atoms with van der Waals surface area (Å²) < 4.78 is 32.3. The van der Waals surface area contributed by atoms with E-state index in [1.165, 1.54) is 22.8 Å². The van der Waals surface area contributed by atoms with Crippen LogP contribution in [0, 0.1) is 6.92 Å². The minimum absolute atomic E-state index is 0.0773. The molecule has 1 aliphatic heterocycles. The number of methoxy groups -OCH3 is 1. The lowest BCUT2D eigenvalue weighted by Crippen LogP contribution is -2.40. The Morgan fingerprint density at radius 2 is 2.11 bits per heavy atom. The smallest absolute Gasteiger partial charge is 0.325 e. The predicted molar refractivity (Wildman–Crippen MR) is 102 cm³/mol. The van der Waals surface area contributed by atoms with E-state index in [-0.39, 0.29) is 6.54 Å². The zero-order chi connectivity index (χ0) is 19.8. The molecular weight excluding hydrogens is 390 g/mol. The zero-order valence-corrected chi connectivity index (χ0v) is 17.0. The first-order valence-corrected chi connectivity index (χ1v) is 11.1. The van der Waals surface area contributed by atoms with Crippen LogP contribution in [0.2, 0.25) is 0 Å². The van der Waals surface area contributed by atoms with Gasteiger partial charge < -0.3 is 9.30 Å². The number of carbonyl (C=O) groups excluding carboxylic acids is 2. The number of rotatable bonds is 4. The van der Waals surface area contributed by atoms with Gasteiger partial charge in [-0.05, 0) is 37.5 Å². The third kappa shape index (κ3) is 4.12. The molecule has 0 aliphatic carbocycles. The topological polar surface area (TPSA) is 98.0 Å². The minimum Gasteiger partial charge on any atom is -0.468 e. The van der Waals surface area contributed by atoms with Gasteiger partial charge in [0.15, 0.2) is 4.80 Å². The van der Waals surface area contributed by atoms with Gasteiger partial charge in [0.25, 0.3) is 5.91 Å². The number of sulfonamides is 1. The van der Waals surface area contributed by atoms with Gasteiger partial charge in [0.2, 0.25) is 10.0 Å². The van der Waals surface area contributed by atoms with Crippen molar-refractivity contribution >= 4 is 43.5 Å². The summed E-state index contributed by atoms with van der Waals surface area (Å²) in [4.78, 5) is 29.1. The Morgan fingerprint density at radius 3 is 2.78 bits per heavy atom. The number of carbonyl (C=O) groups is 2. The summed E-state index contributed by atoms with van der Waals surface area (Å²) in [6.07, 6.45) is 2.15. The number of hydrogen-bond acceptors (Lipinski definition) is 6. The Balaban J connectivity index is 2.08. The van der Waals surface area contributed by atoms with Crippen LogP contribution in [-0.4, -0.2) is 55.1 Å². The number of hydrogen-bond donors (Lipinski definition) is 0. The van der Waals surface area contributed by atoms with E-state index in [4.69, 9.17) is 4.74 Å². The van der Waals surface area contributed by atoms with Crippen LogP contribution in [-0.2, 0) is 30.9 Å². The third-order valence-corrected chi connectivity index (χ3v) is 6.80. The third-order valence-electron chi connectivity index (χ3n) is 4.47. The van der Waals surface area contributed by atoms with Gasteiger partial charge in [-0.2, -0.15) is 9.30 Å². The lowest BCUT2D eigenvalue weighted by atomic mass is 10.2. The van der Waals surface area contributed by atoms with Crippen molar-refractivity contribution in [1.29, 1.82) is 0 Å². The van der Waals surface area contributed by atoms with E-state index >= 15 is 0 Å². The molecule has 1 saturated heterocycles. The van der Waals surface area contributed by atoms with Crippen LogP contribution in [0.5, 0.6) is 0 Å². The van der Waals surface area contributed by atoms with Crippen LogP contribution in [0.3, 0.4) is 0 Å². The molecule has 1 fully saturated rings. The summed E-state index contributed by atoms with van der Waals surface area (Å²) in [6, 6.07) is 4.94. The van der Waals surface area contributed by atoms with Crippen LogP contribution in [0.4, 0.5) is 0 Å². The van der Waals surface area contributed by atoms with Crippen LogP contribution in [0.25, 0.3) is 10.2 Å². The Morgan fingerprint density at radius 1 is 1.37 bits per heavy atom. The fourth-order valence-electron chi connectivity index (χ4n) is 3.16. The van der Waals surface area contributed by atoms with Crippen LogP contribution in [0.1, 0.15) is 18.4 Å². The zero-order valence-electron chi connectivity index (χ0n) is 15.3. The Labute approximate surface area is 161 Å². The number of aromatic nitrogens is 1. The molecule has 0 N–H and O–H groups in total. The highest BCUT2D eigenvalue weighted by molar-refractivity contribution is 7.88. The van der Waals surface area contributed by atoms with Gasteiger partial charge in [0.05, 0.1) is 23.6 Å². The molecule has 1 aromatic carbocycles. The maximum absolute atomic E-state index is 12.7. The fraction of sp³-hybridized carbons (Fsp3) is 0.471. The second-order valence-corrected chi connectivity index (χ2v) is 9.44. The van der Waals surface area contributed by atoms with Crippen molar-refractivity contribution in [2.24, 2.45) is 4.99 Å². The number of amides is 1. The Kier molecular flexibility index (Phi) is 5.50. The maximum atomic E-state index is 12.7. The van der Waals surface area contributed by atoms with Crippen molar-refractivity contribution < 1.29 is 22.7 Å². The van der Waals surface area contributed by atoms with E-state index in [1.54, 1.807) is 4.57 Å². The summed E-state index contributed by atoms with van der Waals surface area (Å²) in [6.45, 7) is 2.19. The van der Waals surface area contributed by atoms with E-state index in [1.807, 2.05) is 25.1 Å². The van der Waals surface area contributed by atoms with Crippen LogP contribution < -0.4 is 4.80 Å². The van der Waals surface area contributed by atoms with Gasteiger partial charge in [-0.1, -0.05) is 17.4 Å². The van der Waals surface area contributed by atoms with Crippen LogP contribution >= 0.6 is 11.3 Å². The van der Waals surface area contributed by atoms with Gasteiger partial charge in [-0.25, -0.2) is 8.42 Å². The molecule has 0 spiro atoms. The highest BCUT2D eigenvalue weighted by atomic mass is 32.2. The molecule has 8 nitrogen and oxygen atoms in total. The van der Waals surface area contributed by atoms with E-state index in [9.17, 15) is 18.0 Å². The summed E-state index contributed by atoms with van der Waals surface area (Å²) >= 11 is 1.29. The molecule has 0 bridgehead atoms. The normalized spacial score (nSPS) is 18.9. The number of fused-ring (bicyclic) bond motifs is 1. The van der Waals surface area contributed by atoms with E-state index in [0.29, 0.717) is 24.2 Å². The highest BCUT2D eigenvalue weighted by Crippen LogP contribution is 2.22. The summed E-state index contributed by atoms with van der Waals surface area (Å²) in [5.74, 6) is -0.970. The molecule has 2 heterocycles. The van der Waals surface area contributed by atoms with Gasteiger partial charge >= 0.3 is 5.97 Å². The predicted octanol–water partition coefficient (Wildman–Crippen LogP) is 1.04. The summed E-state index contributed by atoms with van der Waals surface area (Å²) in [5.41, 5.74) is 1.82. The molecule has 1 aliphatic rings. The quantitative estimate of drug-likeness (QED) is 0.700. The Bertz CT molecular complexity index is 1070. The first-order chi connectivity index (χ1) is 12.7. The molecule has 146 valence electrons. The molecule has 1 amide bonds. The fourth-order valence-corrected chi connectivity index (χ4v) is 5.42. The maximum Gasteiger partial charge on any atom is 0.325 e. The SMILES string of the molecule is COC(=O)Cn1c(=NC(=O)C2CCCN2S(C)(=O)=O)sc2cc(C)ccc21. The number of thiazole rings is 1. The monoisotopic (exact) mass is 411 g/mol. The molecule has 1 aromatic heterocycles. The number of nitrogens with zero attached hydrogens (tertiary/aromatic N) is 3. The second kappa shape index (κ2) is 7.53. The lowest BCUT2D eigenvalue weighted by Gasteiger charge is -2.18. The molecule has 3 rings (SSSR count). The first-order valence-electron chi connectivity index (χ1n) is 8.43. The molecule has 1 unspecified atom stereocenters. The van der Waals surface area contributed by atoms with E-state index in [0.717, 1.165) is 22.0 Å². The lowest BCUT2D eigenvalue weighted by molar-refractivity contribution is -0.141. The number of benzene rings is 1. The van der Waals surface area contributed by atoms with Crippen LogP contribution in [0.15, 0.2) is 23.2 Å². The summed E-state index contributed by atoms with van der Waals surface area (Å²) in [7, 11) is -2.18. The average molecular weight is 412 g/mol. The molecule has 2 aromatic rings.